The van der Waals surface area contributed by atoms with Crippen LogP contribution in [0, 0.1) is 11.8 Å². The number of rotatable bonds is 17. The first kappa shape index (κ1) is 30.2. The van der Waals surface area contributed by atoms with Gasteiger partial charge >= 0.3 is 11.9 Å². The Kier molecular flexibility index (Phi) is 14.9. The molecule has 0 bridgehead atoms. The molecule has 4 nitrogen and oxygen atoms in total. The minimum absolute atomic E-state index is 0.118. The van der Waals surface area contributed by atoms with Crippen molar-refractivity contribution in [2.45, 2.75) is 131 Å². The van der Waals surface area contributed by atoms with E-state index in [1.165, 1.54) is 0 Å². The second kappa shape index (κ2) is 16.7. The van der Waals surface area contributed by atoms with Gasteiger partial charge in [-0.2, -0.15) is 0 Å². The number of unbranched alkanes of at least 4 members (excludes halogenated alkanes) is 2. The number of carbonyl (C=O) groups excluding carboxylic acids is 2. The maximum absolute atomic E-state index is 13.4. The predicted molar refractivity (Wildman–Crippen MR) is 141 cm³/mol. The molecule has 0 saturated heterocycles. The highest BCUT2D eigenvalue weighted by molar-refractivity contribution is 6.04. The van der Waals surface area contributed by atoms with E-state index in [4.69, 9.17) is 9.47 Å². The quantitative estimate of drug-likeness (QED) is 0.212. The number of hydrogen-bond donors (Lipinski definition) is 0. The third-order valence-electron chi connectivity index (χ3n) is 6.39. The zero-order chi connectivity index (χ0) is 25.5. The second-order valence-electron chi connectivity index (χ2n) is 10.5. The molecule has 0 radical (unpaired) electrons. The van der Waals surface area contributed by atoms with Crippen LogP contribution in [-0.4, -0.2) is 24.1 Å². The van der Waals surface area contributed by atoms with Gasteiger partial charge in [0.2, 0.25) is 0 Å². The van der Waals surface area contributed by atoms with Gasteiger partial charge in [0.15, 0.2) is 0 Å². The van der Waals surface area contributed by atoms with Crippen molar-refractivity contribution in [3.8, 4) is 0 Å². The van der Waals surface area contributed by atoms with Crippen LogP contribution in [0.2, 0.25) is 0 Å². The largest absolute Gasteiger partial charge is 0.459 e. The van der Waals surface area contributed by atoms with Crippen molar-refractivity contribution in [1.29, 1.82) is 0 Å². The summed E-state index contributed by atoms with van der Waals surface area (Å²) in [6.07, 6.45) is 10.0. The summed E-state index contributed by atoms with van der Waals surface area (Å²) in [7, 11) is 0. The number of ether oxygens (including phenoxy) is 2. The Morgan fingerprint density at radius 1 is 0.706 bits per heavy atom. The van der Waals surface area contributed by atoms with E-state index in [0.717, 1.165) is 69.8 Å². The average Bonchev–Trinajstić information content (AvgIpc) is 2.81. The smallest absolute Gasteiger partial charge is 0.339 e. The van der Waals surface area contributed by atoms with Crippen LogP contribution >= 0.6 is 0 Å². The van der Waals surface area contributed by atoms with Crippen LogP contribution in [0.5, 0.6) is 0 Å². The molecule has 194 valence electrons. The van der Waals surface area contributed by atoms with Gasteiger partial charge in [0, 0.05) is 0 Å². The van der Waals surface area contributed by atoms with Crippen molar-refractivity contribution in [2.24, 2.45) is 11.8 Å². The van der Waals surface area contributed by atoms with Gasteiger partial charge in [0.25, 0.3) is 0 Å². The summed E-state index contributed by atoms with van der Waals surface area (Å²) >= 11 is 0. The average molecular weight is 475 g/mol. The molecular weight excluding hydrogens is 424 g/mol. The summed E-state index contributed by atoms with van der Waals surface area (Å²) in [6, 6.07) is 5.47. The molecule has 1 rings (SSSR count). The van der Waals surface area contributed by atoms with E-state index in [1.807, 2.05) is 19.1 Å². The Morgan fingerprint density at radius 3 is 1.65 bits per heavy atom. The number of esters is 2. The molecule has 0 aliphatic rings. The Labute approximate surface area is 209 Å². The van der Waals surface area contributed by atoms with Crippen molar-refractivity contribution >= 4 is 11.9 Å². The lowest BCUT2D eigenvalue weighted by atomic mass is 9.98. The molecule has 0 aliphatic carbocycles. The molecule has 0 heterocycles. The lowest BCUT2D eigenvalue weighted by molar-refractivity contribution is 0.0195. The standard InChI is InChI=1S/C30H50O4/c1-8-11-15-25(20-18-22(4)5)33-29(31)27-17-13-14-24(10-3)28(27)30(32)34-26(16-12-9-2)21-19-23(6)7/h13-14,17,22-23,25-26H,8-12,15-16,18-21H2,1-7H3. The van der Waals surface area contributed by atoms with E-state index in [2.05, 4.69) is 41.5 Å². The molecule has 1 aromatic carbocycles. The van der Waals surface area contributed by atoms with E-state index >= 15 is 0 Å². The van der Waals surface area contributed by atoms with Crippen LogP contribution in [0.25, 0.3) is 0 Å². The summed E-state index contributed by atoms with van der Waals surface area (Å²) in [5, 5.41) is 0. The number of benzene rings is 1. The summed E-state index contributed by atoms with van der Waals surface area (Å²) in [6.45, 7) is 15.0. The van der Waals surface area contributed by atoms with Crippen LogP contribution in [0.4, 0.5) is 0 Å². The lowest BCUT2D eigenvalue weighted by Crippen LogP contribution is -2.24. The van der Waals surface area contributed by atoms with Gasteiger partial charge in [0.1, 0.15) is 12.2 Å². The minimum Gasteiger partial charge on any atom is -0.459 e. The Bertz CT molecular complexity index is 723. The van der Waals surface area contributed by atoms with Crippen LogP contribution in [-0.2, 0) is 15.9 Å². The van der Waals surface area contributed by atoms with Crippen molar-refractivity contribution in [2.75, 3.05) is 0 Å². The summed E-state index contributed by atoms with van der Waals surface area (Å²) in [5.74, 6) is 0.325. The maximum atomic E-state index is 13.4. The second-order valence-corrected chi connectivity index (χ2v) is 10.5. The highest BCUT2D eigenvalue weighted by Gasteiger charge is 2.26. The van der Waals surface area contributed by atoms with Crippen LogP contribution in [0.3, 0.4) is 0 Å². The third kappa shape index (κ3) is 11.1. The number of hydrogen-bond acceptors (Lipinski definition) is 4. The zero-order valence-corrected chi connectivity index (χ0v) is 23.0. The zero-order valence-electron chi connectivity index (χ0n) is 23.0. The molecule has 34 heavy (non-hydrogen) atoms. The lowest BCUT2D eigenvalue weighted by Gasteiger charge is -2.22. The molecule has 0 spiro atoms. The molecule has 0 amide bonds. The Balaban J connectivity index is 3.12. The van der Waals surface area contributed by atoms with Crippen molar-refractivity contribution in [3.05, 3.63) is 34.9 Å². The highest BCUT2D eigenvalue weighted by Crippen LogP contribution is 2.24. The molecule has 2 atom stereocenters. The van der Waals surface area contributed by atoms with Gasteiger partial charge < -0.3 is 9.47 Å². The van der Waals surface area contributed by atoms with Crippen molar-refractivity contribution < 1.29 is 19.1 Å². The molecule has 0 saturated carbocycles. The highest BCUT2D eigenvalue weighted by atomic mass is 16.5. The monoisotopic (exact) mass is 474 g/mol. The van der Waals surface area contributed by atoms with E-state index in [0.29, 0.717) is 29.4 Å². The van der Waals surface area contributed by atoms with E-state index in [-0.39, 0.29) is 18.2 Å². The SMILES string of the molecule is CCCCC(CCC(C)C)OC(=O)c1cccc(CC)c1C(=O)OC(CCCC)CCC(C)C. The molecule has 0 aliphatic heterocycles. The third-order valence-corrected chi connectivity index (χ3v) is 6.39. The Hall–Kier alpha value is -1.84. The van der Waals surface area contributed by atoms with E-state index < -0.39 is 5.97 Å². The molecular formula is C30H50O4. The summed E-state index contributed by atoms with van der Waals surface area (Å²) in [5.41, 5.74) is 1.57. The summed E-state index contributed by atoms with van der Waals surface area (Å²) in [4.78, 5) is 26.7. The van der Waals surface area contributed by atoms with Crippen LogP contribution in [0.15, 0.2) is 18.2 Å². The van der Waals surface area contributed by atoms with Crippen LogP contribution < -0.4 is 0 Å². The Morgan fingerprint density at radius 2 is 1.21 bits per heavy atom. The molecule has 0 fully saturated rings. The van der Waals surface area contributed by atoms with E-state index in [1.54, 1.807) is 6.07 Å². The molecule has 1 aromatic rings. The van der Waals surface area contributed by atoms with Crippen molar-refractivity contribution in [3.63, 3.8) is 0 Å². The first-order valence-electron chi connectivity index (χ1n) is 13.8. The first-order chi connectivity index (χ1) is 16.2. The minimum atomic E-state index is -0.403. The molecule has 0 N–H and O–H groups in total. The van der Waals surface area contributed by atoms with Gasteiger partial charge in [0.05, 0.1) is 11.1 Å². The molecule has 0 aromatic heterocycles. The van der Waals surface area contributed by atoms with E-state index in [9.17, 15) is 9.59 Å². The van der Waals surface area contributed by atoms with Crippen LogP contribution in [0.1, 0.15) is 139 Å². The van der Waals surface area contributed by atoms with Gasteiger partial charge in [-0.25, -0.2) is 9.59 Å². The van der Waals surface area contributed by atoms with Gasteiger partial charge in [-0.1, -0.05) is 86.3 Å². The molecule has 4 heteroatoms. The van der Waals surface area contributed by atoms with Gasteiger partial charge in [-0.05, 0) is 68.4 Å². The first-order valence-corrected chi connectivity index (χ1v) is 13.8. The topological polar surface area (TPSA) is 52.6 Å². The van der Waals surface area contributed by atoms with Gasteiger partial charge in [-0.3, -0.25) is 0 Å². The normalized spacial score (nSPS) is 13.2. The van der Waals surface area contributed by atoms with Gasteiger partial charge in [-0.15, -0.1) is 0 Å². The summed E-state index contributed by atoms with van der Waals surface area (Å²) < 4.78 is 12.0. The number of aryl methyl sites for hydroxylation is 1. The predicted octanol–water partition coefficient (Wildman–Crippen LogP) is 8.55. The fraction of sp³-hybridized carbons (Fsp3) is 0.733. The molecule has 2 unspecified atom stereocenters. The van der Waals surface area contributed by atoms with Crippen molar-refractivity contribution in [1.82, 2.24) is 0 Å². The number of carbonyl (C=O) groups is 2. The fourth-order valence-electron chi connectivity index (χ4n) is 4.16. The maximum Gasteiger partial charge on any atom is 0.339 e. The fourth-order valence-corrected chi connectivity index (χ4v) is 4.16.